The number of benzene rings is 9. The van der Waals surface area contributed by atoms with Crippen LogP contribution in [0.1, 0.15) is 0 Å². The van der Waals surface area contributed by atoms with Gasteiger partial charge in [0.15, 0.2) is 5.82 Å². The molecule has 5 heteroatoms. The summed E-state index contributed by atoms with van der Waals surface area (Å²) in [5.41, 5.74) is 11.6. The van der Waals surface area contributed by atoms with Crippen molar-refractivity contribution < 1.29 is 0 Å². The molecule has 0 N–H and O–H groups in total. The number of nitrogens with zero attached hydrogens (tertiary/aromatic N) is 5. The van der Waals surface area contributed by atoms with Crippen molar-refractivity contribution in [1.82, 2.24) is 24.5 Å². The topological polar surface area (TPSA) is 56.5 Å². The summed E-state index contributed by atoms with van der Waals surface area (Å²) >= 11 is 0. The average molecular weight is 778 g/mol. The van der Waals surface area contributed by atoms with Gasteiger partial charge in [-0.05, 0) is 57.3 Å². The van der Waals surface area contributed by atoms with E-state index in [0.717, 1.165) is 99.9 Å². The lowest BCUT2D eigenvalue weighted by atomic mass is 9.97. The summed E-state index contributed by atoms with van der Waals surface area (Å²) in [6, 6.07) is 74.2. The van der Waals surface area contributed by atoms with E-state index >= 15 is 0 Å². The zero-order chi connectivity index (χ0) is 40.3. The quantitative estimate of drug-likeness (QED) is 0.158. The van der Waals surface area contributed by atoms with Crippen LogP contribution < -0.4 is 0 Å². The highest BCUT2D eigenvalue weighted by atomic mass is 15.1. The van der Waals surface area contributed by atoms with E-state index in [2.05, 4.69) is 205 Å². The Morgan fingerprint density at radius 3 is 1.59 bits per heavy atom. The summed E-state index contributed by atoms with van der Waals surface area (Å²) in [6.45, 7) is 0. The summed E-state index contributed by atoms with van der Waals surface area (Å²) in [4.78, 5) is 21.5. The van der Waals surface area contributed by atoms with Crippen LogP contribution in [0.4, 0.5) is 0 Å². The Bertz CT molecular complexity index is 3520. The van der Waals surface area contributed by atoms with E-state index in [-0.39, 0.29) is 0 Å². The van der Waals surface area contributed by atoms with Crippen LogP contribution in [0.25, 0.3) is 116 Å². The highest BCUT2D eigenvalue weighted by Gasteiger charge is 2.21. The Kier molecular flexibility index (Phi) is 8.10. The molecule has 0 aliphatic carbocycles. The molecule has 3 heterocycles. The molecule has 3 aromatic heterocycles. The molecule has 0 aliphatic rings. The van der Waals surface area contributed by atoms with Crippen LogP contribution in [0, 0.1) is 0 Å². The van der Waals surface area contributed by atoms with Crippen LogP contribution in [-0.4, -0.2) is 24.5 Å². The molecule has 0 unspecified atom stereocenters. The molecule has 0 bridgehead atoms. The van der Waals surface area contributed by atoms with Gasteiger partial charge in [0.2, 0.25) is 0 Å². The highest BCUT2D eigenvalue weighted by molar-refractivity contribution is 6.20. The summed E-state index contributed by atoms with van der Waals surface area (Å²) in [7, 11) is 0. The predicted octanol–water partition coefficient (Wildman–Crippen LogP) is 14.2. The average Bonchev–Trinajstić information content (AvgIpc) is 3.74. The van der Waals surface area contributed by atoms with Gasteiger partial charge in [0, 0.05) is 44.3 Å². The molecule has 12 rings (SSSR count). The largest absolute Gasteiger partial charge is 0.292 e. The molecule has 0 saturated heterocycles. The number of imidazole rings is 1. The number of aromatic nitrogens is 5. The van der Waals surface area contributed by atoms with Crippen molar-refractivity contribution in [3.63, 3.8) is 0 Å². The fourth-order valence-electron chi connectivity index (χ4n) is 8.94. The summed E-state index contributed by atoms with van der Waals surface area (Å²) < 4.78 is 2.26. The zero-order valence-electron chi connectivity index (χ0n) is 32.9. The molecule has 0 fully saturated rings. The number of hydrogen-bond acceptors (Lipinski definition) is 4. The molecular weight excluding hydrogens is 743 g/mol. The van der Waals surface area contributed by atoms with Gasteiger partial charge in [0.1, 0.15) is 5.82 Å². The minimum atomic E-state index is 0.660. The van der Waals surface area contributed by atoms with Gasteiger partial charge in [-0.1, -0.05) is 182 Å². The smallest absolute Gasteiger partial charge is 0.160 e. The lowest BCUT2D eigenvalue weighted by Gasteiger charge is -2.14. The second kappa shape index (κ2) is 14.2. The number of hydrogen-bond donors (Lipinski definition) is 0. The minimum absolute atomic E-state index is 0.660. The van der Waals surface area contributed by atoms with E-state index in [0.29, 0.717) is 5.82 Å². The van der Waals surface area contributed by atoms with Crippen LogP contribution in [0.3, 0.4) is 0 Å². The van der Waals surface area contributed by atoms with Gasteiger partial charge >= 0.3 is 0 Å². The van der Waals surface area contributed by atoms with Crippen molar-refractivity contribution >= 4 is 54.3 Å². The third kappa shape index (κ3) is 5.86. The third-order valence-corrected chi connectivity index (χ3v) is 11.8. The molecule has 0 radical (unpaired) electrons. The van der Waals surface area contributed by atoms with Crippen molar-refractivity contribution in [3.05, 3.63) is 212 Å². The fraction of sp³-hybridized carbons (Fsp3) is 0. The lowest BCUT2D eigenvalue weighted by Crippen LogP contribution is -1.97. The van der Waals surface area contributed by atoms with Crippen molar-refractivity contribution in [2.24, 2.45) is 0 Å². The predicted molar refractivity (Wildman–Crippen MR) is 252 cm³/mol. The van der Waals surface area contributed by atoms with Crippen molar-refractivity contribution in [3.8, 4) is 62.2 Å². The van der Waals surface area contributed by atoms with Gasteiger partial charge < -0.3 is 0 Å². The Labute approximate surface area is 351 Å². The first-order valence-electron chi connectivity index (χ1n) is 20.6. The first kappa shape index (κ1) is 34.7. The Balaban J connectivity index is 1.07. The molecular formula is C56H35N5. The van der Waals surface area contributed by atoms with Gasteiger partial charge in [-0.3, -0.25) is 4.57 Å². The van der Waals surface area contributed by atoms with E-state index in [1.165, 1.54) is 10.8 Å². The van der Waals surface area contributed by atoms with Gasteiger partial charge in [-0.2, -0.15) is 0 Å². The number of pyridine rings is 1. The molecule has 61 heavy (non-hydrogen) atoms. The second-order valence-corrected chi connectivity index (χ2v) is 15.4. The molecule has 5 nitrogen and oxygen atoms in total. The number of rotatable bonds is 6. The van der Waals surface area contributed by atoms with E-state index in [4.69, 9.17) is 19.9 Å². The van der Waals surface area contributed by atoms with Gasteiger partial charge in [-0.15, -0.1) is 0 Å². The van der Waals surface area contributed by atoms with Crippen molar-refractivity contribution in [1.29, 1.82) is 0 Å². The molecule has 0 aliphatic heterocycles. The molecule has 0 atom stereocenters. The summed E-state index contributed by atoms with van der Waals surface area (Å²) in [5.74, 6) is 1.54. The van der Waals surface area contributed by atoms with E-state index < -0.39 is 0 Å². The first-order valence-corrected chi connectivity index (χ1v) is 20.6. The standard InChI is InChI=1S/C56H35N5/c1-3-17-40(18-4-1)56-60-54-51(61(56)41-21-5-2-6-22-41)34-33-47-46-25-11-12-28-48(46)57-53(52(47)54)38-29-31-39(32-30-38)55-58-49(44-26-13-19-36-15-7-9-23-42(36)44)35-50(59-55)45-27-14-20-37-16-8-10-24-43(37)45/h1-35H. The second-order valence-electron chi connectivity index (χ2n) is 15.4. The molecule has 9 aromatic carbocycles. The molecule has 0 spiro atoms. The maximum atomic E-state index is 5.47. The van der Waals surface area contributed by atoms with Crippen LogP contribution in [0.15, 0.2) is 212 Å². The number of fused-ring (bicyclic) bond motifs is 7. The third-order valence-electron chi connectivity index (χ3n) is 11.8. The van der Waals surface area contributed by atoms with Gasteiger partial charge in [0.05, 0.1) is 33.6 Å². The summed E-state index contributed by atoms with van der Waals surface area (Å²) in [6.07, 6.45) is 0. The molecule has 0 saturated carbocycles. The van der Waals surface area contributed by atoms with E-state index in [1.807, 2.05) is 12.1 Å². The Hall–Kier alpha value is -8.28. The maximum absolute atomic E-state index is 5.47. The number of para-hydroxylation sites is 2. The highest BCUT2D eigenvalue weighted by Crippen LogP contribution is 2.41. The monoisotopic (exact) mass is 777 g/mol. The van der Waals surface area contributed by atoms with Crippen LogP contribution >= 0.6 is 0 Å². The fourth-order valence-corrected chi connectivity index (χ4v) is 8.94. The SMILES string of the molecule is c1ccc(-c2nc3c4c(-c5ccc(-c6nc(-c7cccc8ccccc78)cc(-c7cccc8ccccc78)n6)cc5)nc5ccccc5c4ccc3n2-c2ccccc2)cc1. The van der Waals surface area contributed by atoms with Crippen LogP contribution in [0.2, 0.25) is 0 Å². The van der Waals surface area contributed by atoms with Gasteiger partial charge in [-0.25, -0.2) is 19.9 Å². The minimum Gasteiger partial charge on any atom is -0.292 e. The van der Waals surface area contributed by atoms with Crippen molar-refractivity contribution in [2.45, 2.75) is 0 Å². The Morgan fingerprint density at radius 1 is 0.361 bits per heavy atom. The van der Waals surface area contributed by atoms with Crippen LogP contribution in [0.5, 0.6) is 0 Å². The van der Waals surface area contributed by atoms with E-state index in [1.54, 1.807) is 0 Å². The zero-order valence-corrected chi connectivity index (χ0v) is 32.9. The maximum Gasteiger partial charge on any atom is 0.160 e. The Morgan fingerprint density at radius 2 is 0.918 bits per heavy atom. The molecule has 284 valence electrons. The molecule has 12 aromatic rings. The molecule has 0 amide bonds. The van der Waals surface area contributed by atoms with Crippen molar-refractivity contribution in [2.75, 3.05) is 0 Å². The van der Waals surface area contributed by atoms with Gasteiger partial charge in [0.25, 0.3) is 0 Å². The van der Waals surface area contributed by atoms with Crippen LogP contribution in [-0.2, 0) is 0 Å². The normalized spacial score (nSPS) is 11.6. The first-order chi connectivity index (χ1) is 30.2. The lowest BCUT2D eigenvalue weighted by molar-refractivity contribution is 1.10. The summed E-state index contributed by atoms with van der Waals surface area (Å²) in [5, 5.41) is 7.87. The van der Waals surface area contributed by atoms with E-state index in [9.17, 15) is 0 Å².